The highest BCUT2D eigenvalue weighted by molar-refractivity contribution is 5.95. The summed E-state index contributed by atoms with van der Waals surface area (Å²) in [5.74, 6) is 0.114. The second-order valence-corrected chi connectivity index (χ2v) is 9.56. The third-order valence-corrected chi connectivity index (χ3v) is 7.19. The highest BCUT2D eigenvalue weighted by Crippen LogP contribution is 2.31. The number of morpholine rings is 1. The summed E-state index contributed by atoms with van der Waals surface area (Å²) >= 11 is 0. The molecule has 2 aliphatic rings. The van der Waals surface area contributed by atoms with Gasteiger partial charge in [-0.3, -0.25) is 9.59 Å². The summed E-state index contributed by atoms with van der Waals surface area (Å²) in [4.78, 5) is 34.1. The molecule has 2 saturated heterocycles. The molecule has 35 heavy (non-hydrogen) atoms. The Labute approximate surface area is 206 Å². The fourth-order valence-corrected chi connectivity index (χ4v) is 5.19. The van der Waals surface area contributed by atoms with Crippen LogP contribution in [0.4, 0.5) is 0 Å². The molecule has 3 aromatic rings. The Hall–Kier alpha value is -3.45. The van der Waals surface area contributed by atoms with E-state index >= 15 is 0 Å². The quantitative estimate of drug-likeness (QED) is 0.552. The minimum absolute atomic E-state index is 0.0529. The lowest BCUT2D eigenvalue weighted by Crippen LogP contribution is -2.55. The van der Waals surface area contributed by atoms with Crippen LogP contribution in [0.5, 0.6) is 0 Å². The standard InChI is InChI=1S/C28H32N4O3/c33-26-20-35-28(21-32(26)16-11-23-7-2-1-3-8-23)12-6-15-31(17-13-28)27(34)25-10-5-4-9-24(25)19-30-18-14-29-22-30/h1-5,7-10,14,18,22H,6,11-13,15-17,19-21H2/t28-/m1/s1. The number of amides is 2. The largest absolute Gasteiger partial charge is 0.363 e. The fourth-order valence-electron chi connectivity index (χ4n) is 5.19. The van der Waals surface area contributed by atoms with E-state index in [9.17, 15) is 9.59 Å². The molecule has 0 aliphatic carbocycles. The Bertz CT molecular complexity index is 1150. The van der Waals surface area contributed by atoms with E-state index in [4.69, 9.17) is 4.74 Å². The van der Waals surface area contributed by atoms with Crippen molar-refractivity contribution in [1.82, 2.24) is 19.4 Å². The summed E-state index contributed by atoms with van der Waals surface area (Å²) in [6, 6.07) is 18.1. The highest BCUT2D eigenvalue weighted by atomic mass is 16.5. The zero-order chi connectivity index (χ0) is 24.1. The fraction of sp³-hybridized carbons (Fsp3) is 0.393. The van der Waals surface area contributed by atoms with Crippen LogP contribution in [0.25, 0.3) is 0 Å². The van der Waals surface area contributed by atoms with Gasteiger partial charge in [0.2, 0.25) is 5.91 Å². The minimum atomic E-state index is -0.379. The normalized spacial score (nSPS) is 20.7. The SMILES string of the molecule is O=C1CO[C@@]2(CCCN(C(=O)c3ccccc3Cn3ccnc3)CC2)CN1CCc1ccccc1. The van der Waals surface area contributed by atoms with E-state index in [1.807, 2.05) is 63.0 Å². The van der Waals surface area contributed by atoms with Gasteiger partial charge in [0.1, 0.15) is 6.61 Å². The first-order valence-corrected chi connectivity index (χ1v) is 12.4. The van der Waals surface area contributed by atoms with E-state index < -0.39 is 0 Å². The Morgan fingerprint density at radius 3 is 2.69 bits per heavy atom. The van der Waals surface area contributed by atoms with E-state index in [0.717, 1.165) is 36.8 Å². The van der Waals surface area contributed by atoms with Gasteiger partial charge in [0, 0.05) is 50.7 Å². The lowest BCUT2D eigenvalue weighted by molar-refractivity contribution is -0.165. The van der Waals surface area contributed by atoms with Crippen LogP contribution in [-0.4, -0.2) is 69.6 Å². The molecule has 3 heterocycles. The Morgan fingerprint density at radius 1 is 1.03 bits per heavy atom. The zero-order valence-electron chi connectivity index (χ0n) is 20.0. The molecule has 5 rings (SSSR count). The predicted octanol–water partition coefficient (Wildman–Crippen LogP) is 3.40. The number of nitrogens with zero attached hydrogens (tertiary/aromatic N) is 4. The number of aromatic nitrogens is 2. The van der Waals surface area contributed by atoms with Crippen molar-refractivity contribution < 1.29 is 14.3 Å². The first kappa shape index (κ1) is 23.3. The molecule has 0 unspecified atom stereocenters. The molecule has 1 atom stereocenters. The van der Waals surface area contributed by atoms with Gasteiger partial charge < -0.3 is 19.1 Å². The van der Waals surface area contributed by atoms with Crippen LogP contribution < -0.4 is 0 Å². The summed E-state index contributed by atoms with van der Waals surface area (Å²) in [6.07, 6.45) is 8.69. The number of rotatable bonds is 6. The third kappa shape index (κ3) is 5.46. The average Bonchev–Trinajstić information content (AvgIpc) is 3.32. The molecule has 7 nitrogen and oxygen atoms in total. The van der Waals surface area contributed by atoms with Gasteiger partial charge in [-0.25, -0.2) is 4.98 Å². The molecule has 2 aliphatic heterocycles. The number of hydrogen-bond acceptors (Lipinski definition) is 4. The molecular weight excluding hydrogens is 440 g/mol. The van der Waals surface area contributed by atoms with Crippen LogP contribution in [0.15, 0.2) is 73.3 Å². The maximum Gasteiger partial charge on any atom is 0.254 e. The van der Waals surface area contributed by atoms with Crippen molar-refractivity contribution in [3.05, 3.63) is 90.0 Å². The van der Waals surface area contributed by atoms with Crippen LogP contribution in [-0.2, 0) is 22.5 Å². The molecule has 0 N–H and O–H groups in total. The second-order valence-electron chi connectivity index (χ2n) is 9.56. The lowest BCUT2D eigenvalue weighted by atomic mass is 9.92. The number of imidazole rings is 1. The van der Waals surface area contributed by atoms with Crippen LogP contribution in [0, 0.1) is 0 Å². The molecule has 2 aromatic carbocycles. The summed E-state index contributed by atoms with van der Waals surface area (Å²) in [6.45, 7) is 3.34. The van der Waals surface area contributed by atoms with Crippen molar-refractivity contribution in [3.8, 4) is 0 Å². The third-order valence-electron chi connectivity index (χ3n) is 7.19. The van der Waals surface area contributed by atoms with Crippen molar-refractivity contribution in [2.24, 2.45) is 0 Å². The number of ether oxygens (including phenoxy) is 1. The summed E-state index contributed by atoms with van der Waals surface area (Å²) in [5, 5.41) is 0. The Morgan fingerprint density at radius 2 is 1.86 bits per heavy atom. The Kier molecular flexibility index (Phi) is 6.95. The van der Waals surface area contributed by atoms with Crippen molar-refractivity contribution >= 4 is 11.8 Å². The predicted molar refractivity (Wildman–Crippen MR) is 133 cm³/mol. The molecule has 2 amide bonds. The highest BCUT2D eigenvalue weighted by Gasteiger charge is 2.41. The molecule has 0 radical (unpaired) electrons. The van der Waals surface area contributed by atoms with E-state index in [1.165, 1.54) is 5.56 Å². The first-order chi connectivity index (χ1) is 17.1. The summed E-state index contributed by atoms with van der Waals surface area (Å²) < 4.78 is 8.14. The maximum atomic E-state index is 13.5. The van der Waals surface area contributed by atoms with Crippen LogP contribution in [0.2, 0.25) is 0 Å². The van der Waals surface area contributed by atoms with Crippen LogP contribution in [0.3, 0.4) is 0 Å². The van der Waals surface area contributed by atoms with Crippen LogP contribution >= 0.6 is 0 Å². The number of benzene rings is 2. The average molecular weight is 473 g/mol. The second kappa shape index (κ2) is 10.4. The number of likely N-dealkylation sites (tertiary alicyclic amines) is 1. The van der Waals surface area contributed by atoms with E-state index in [-0.39, 0.29) is 24.0 Å². The molecule has 0 bridgehead atoms. The maximum absolute atomic E-state index is 13.5. The first-order valence-electron chi connectivity index (χ1n) is 12.4. The van der Waals surface area contributed by atoms with Gasteiger partial charge in [0.25, 0.3) is 5.91 Å². The van der Waals surface area contributed by atoms with E-state index in [0.29, 0.717) is 32.7 Å². The van der Waals surface area contributed by atoms with Gasteiger partial charge in [-0.2, -0.15) is 0 Å². The van der Waals surface area contributed by atoms with Crippen molar-refractivity contribution in [2.75, 3.05) is 32.8 Å². The molecule has 0 saturated carbocycles. The Balaban J connectivity index is 1.24. The topological polar surface area (TPSA) is 67.7 Å². The van der Waals surface area contributed by atoms with Gasteiger partial charge in [-0.1, -0.05) is 48.5 Å². The van der Waals surface area contributed by atoms with Gasteiger partial charge in [0.05, 0.1) is 11.9 Å². The van der Waals surface area contributed by atoms with Gasteiger partial charge >= 0.3 is 0 Å². The molecule has 1 spiro atoms. The lowest BCUT2D eigenvalue weighted by Gasteiger charge is -2.42. The van der Waals surface area contributed by atoms with E-state index in [2.05, 4.69) is 17.1 Å². The molecular formula is C28H32N4O3. The summed E-state index contributed by atoms with van der Waals surface area (Å²) in [7, 11) is 0. The zero-order valence-corrected chi connectivity index (χ0v) is 20.0. The molecule has 1 aromatic heterocycles. The van der Waals surface area contributed by atoms with Crippen LogP contribution in [0.1, 0.15) is 40.7 Å². The minimum Gasteiger partial charge on any atom is -0.363 e. The number of carbonyl (C=O) groups excluding carboxylic acids is 2. The number of hydrogen-bond donors (Lipinski definition) is 0. The van der Waals surface area contributed by atoms with Gasteiger partial charge in [0.15, 0.2) is 0 Å². The van der Waals surface area contributed by atoms with Crippen molar-refractivity contribution in [1.29, 1.82) is 0 Å². The van der Waals surface area contributed by atoms with Gasteiger partial charge in [-0.05, 0) is 42.9 Å². The number of carbonyl (C=O) groups is 2. The molecule has 7 heteroatoms. The van der Waals surface area contributed by atoms with Crippen molar-refractivity contribution in [2.45, 2.75) is 37.8 Å². The monoisotopic (exact) mass is 472 g/mol. The summed E-state index contributed by atoms with van der Waals surface area (Å²) in [5.41, 5.74) is 2.57. The van der Waals surface area contributed by atoms with E-state index in [1.54, 1.807) is 12.5 Å². The smallest absolute Gasteiger partial charge is 0.254 e. The van der Waals surface area contributed by atoms with Crippen molar-refractivity contribution in [3.63, 3.8) is 0 Å². The molecule has 2 fully saturated rings. The van der Waals surface area contributed by atoms with Gasteiger partial charge in [-0.15, -0.1) is 0 Å². The molecule has 182 valence electrons.